The largest absolute Gasteiger partial charge is 0.392 e. The van der Waals surface area contributed by atoms with E-state index in [-0.39, 0.29) is 5.92 Å². The van der Waals surface area contributed by atoms with Gasteiger partial charge >= 0.3 is 0 Å². The van der Waals surface area contributed by atoms with E-state index in [0.717, 1.165) is 18.9 Å². The van der Waals surface area contributed by atoms with E-state index >= 15 is 0 Å². The molecule has 4 heteroatoms. The van der Waals surface area contributed by atoms with Gasteiger partial charge < -0.3 is 10.0 Å². The van der Waals surface area contributed by atoms with Gasteiger partial charge in [-0.25, -0.2) is 8.78 Å². The lowest BCUT2D eigenvalue weighted by atomic mass is 9.84. The lowest BCUT2D eigenvalue weighted by Gasteiger charge is -2.38. The number of aliphatic hydroxyl groups is 1. The quantitative estimate of drug-likeness (QED) is 0.921. The molecule has 0 saturated carbocycles. The molecule has 2 fully saturated rings. The molecule has 2 nitrogen and oxygen atoms in total. The van der Waals surface area contributed by atoms with Crippen LogP contribution in [0.25, 0.3) is 0 Å². The van der Waals surface area contributed by atoms with E-state index in [1.54, 1.807) is 6.07 Å². The van der Waals surface area contributed by atoms with Gasteiger partial charge in [0.05, 0.1) is 6.10 Å². The van der Waals surface area contributed by atoms with E-state index in [9.17, 15) is 13.9 Å². The van der Waals surface area contributed by atoms with Crippen LogP contribution in [-0.4, -0.2) is 35.2 Å². The lowest BCUT2D eigenvalue weighted by Crippen LogP contribution is -2.43. The maximum Gasteiger partial charge on any atom is 0.159 e. The third kappa shape index (κ3) is 2.59. The molecule has 2 heterocycles. The first kappa shape index (κ1) is 14.0. The van der Waals surface area contributed by atoms with Gasteiger partial charge in [-0.1, -0.05) is 6.07 Å². The molecule has 110 valence electrons. The molecular weight excluding hydrogens is 260 g/mol. The third-order valence-corrected chi connectivity index (χ3v) is 5.11. The molecule has 0 aliphatic carbocycles. The summed E-state index contributed by atoms with van der Waals surface area (Å²) in [5.41, 5.74) is 0.669. The monoisotopic (exact) mass is 281 g/mol. The molecule has 3 atom stereocenters. The van der Waals surface area contributed by atoms with E-state index in [0.29, 0.717) is 24.1 Å². The van der Waals surface area contributed by atoms with Gasteiger partial charge in [-0.05, 0) is 62.8 Å². The minimum Gasteiger partial charge on any atom is -0.392 e. The molecule has 3 rings (SSSR count). The van der Waals surface area contributed by atoms with Gasteiger partial charge in [0.15, 0.2) is 11.6 Å². The molecule has 1 N–H and O–H groups in total. The van der Waals surface area contributed by atoms with Crippen molar-refractivity contribution in [3.8, 4) is 0 Å². The second-order valence-electron chi connectivity index (χ2n) is 6.30. The van der Waals surface area contributed by atoms with Gasteiger partial charge in [0, 0.05) is 12.1 Å². The highest BCUT2D eigenvalue weighted by Crippen LogP contribution is 2.39. The Morgan fingerprint density at radius 2 is 1.85 bits per heavy atom. The molecule has 2 aliphatic rings. The smallest absolute Gasteiger partial charge is 0.159 e. The summed E-state index contributed by atoms with van der Waals surface area (Å²) in [6.45, 7) is 0. The van der Waals surface area contributed by atoms with Crippen molar-refractivity contribution in [2.24, 2.45) is 5.92 Å². The van der Waals surface area contributed by atoms with Gasteiger partial charge in [0.25, 0.3) is 0 Å². The molecule has 0 spiro atoms. The predicted molar refractivity (Wildman–Crippen MR) is 73.4 cm³/mol. The zero-order valence-electron chi connectivity index (χ0n) is 11.7. The lowest BCUT2D eigenvalue weighted by molar-refractivity contribution is 0.0367. The Morgan fingerprint density at radius 1 is 1.20 bits per heavy atom. The Bertz CT molecular complexity index is 479. The first-order chi connectivity index (χ1) is 9.54. The predicted octanol–water partition coefficient (Wildman–Crippen LogP) is 2.74. The number of aliphatic hydroxyl groups excluding tert-OH is 1. The van der Waals surface area contributed by atoms with Crippen LogP contribution in [0, 0.1) is 17.6 Å². The fraction of sp³-hybridized carbons (Fsp3) is 0.625. The maximum absolute atomic E-state index is 13.2. The number of fused-ring (bicyclic) bond motifs is 2. The van der Waals surface area contributed by atoms with Crippen LogP contribution in [0.1, 0.15) is 31.2 Å². The average Bonchev–Trinajstić information content (AvgIpc) is 2.65. The molecular formula is C16H21F2NO. The molecule has 0 amide bonds. The molecule has 20 heavy (non-hydrogen) atoms. The van der Waals surface area contributed by atoms with Crippen molar-refractivity contribution in [1.82, 2.24) is 4.90 Å². The van der Waals surface area contributed by atoms with Crippen molar-refractivity contribution >= 4 is 0 Å². The van der Waals surface area contributed by atoms with Crippen LogP contribution in [0.2, 0.25) is 0 Å². The van der Waals surface area contributed by atoms with Gasteiger partial charge in [0.2, 0.25) is 0 Å². The van der Waals surface area contributed by atoms with Crippen LogP contribution in [0.4, 0.5) is 8.78 Å². The number of rotatable bonds is 3. The molecule has 0 aromatic heterocycles. The Morgan fingerprint density at radius 3 is 2.45 bits per heavy atom. The Balaban J connectivity index is 1.65. The van der Waals surface area contributed by atoms with Crippen LogP contribution in [0.15, 0.2) is 18.2 Å². The Labute approximate surface area is 118 Å². The fourth-order valence-electron chi connectivity index (χ4n) is 3.84. The normalized spacial score (nSPS) is 31.5. The fourth-order valence-corrected chi connectivity index (χ4v) is 3.84. The summed E-state index contributed by atoms with van der Waals surface area (Å²) in [5, 5.41) is 10.4. The number of nitrogens with zero attached hydrogens (tertiary/aromatic N) is 1. The van der Waals surface area contributed by atoms with Gasteiger partial charge in [0.1, 0.15) is 0 Å². The Kier molecular flexibility index (Phi) is 3.78. The minimum atomic E-state index is -0.835. The van der Waals surface area contributed by atoms with E-state index in [2.05, 4.69) is 11.9 Å². The first-order valence-corrected chi connectivity index (χ1v) is 7.38. The number of benzene rings is 1. The molecule has 1 aromatic rings. The van der Waals surface area contributed by atoms with Crippen LogP contribution in [0.3, 0.4) is 0 Å². The number of hydrogen-bond acceptors (Lipinski definition) is 2. The van der Waals surface area contributed by atoms with Gasteiger partial charge in [-0.15, -0.1) is 0 Å². The second-order valence-corrected chi connectivity index (χ2v) is 6.30. The van der Waals surface area contributed by atoms with Gasteiger partial charge in [-0.3, -0.25) is 0 Å². The van der Waals surface area contributed by atoms with E-state index in [1.165, 1.54) is 18.9 Å². The average molecular weight is 281 g/mol. The molecule has 2 aliphatic heterocycles. The summed E-state index contributed by atoms with van der Waals surface area (Å²) >= 11 is 0. The summed E-state index contributed by atoms with van der Waals surface area (Å²) in [7, 11) is 2.17. The zero-order valence-corrected chi connectivity index (χ0v) is 11.7. The highest BCUT2D eigenvalue weighted by molar-refractivity contribution is 5.18. The molecule has 3 unspecified atom stereocenters. The summed E-state index contributed by atoms with van der Waals surface area (Å²) in [6.07, 6.45) is 4.41. The van der Waals surface area contributed by atoms with Crippen LogP contribution >= 0.6 is 0 Å². The van der Waals surface area contributed by atoms with Crippen molar-refractivity contribution in [3.63, 3.8) is 0 Å². The number of piperidine rings is 1. The zero-order chi connectivity index (χ0) is 14.3. The molecule has 2 bridgehead atoms. The van der Waals surface area contributed by atoms with Crippen molar-refractivity contribution in [2.45, 2.75) is 50.3 Å². The van der Waals surface area contributed by atoms with Crippen molar-refractivity contribution in [2.75, 3.05) is 7.05 Å². The van der Waals surface area contributed by atoms with Crippen molar-refractivity contribution in [3.05, 3.63) is 35.4 Å². The van der Waals surface area contributed by atoms with E-state index in [1.807, 2.05) is 0 Å². The summed E-state index contributed by atoms with van der Waals surface area (Å²) in [4.78, 5) is 2.43. The molecule has 0 radical (unpaired) electrons. The SMILES string of the molecule is CN1C2CCC1CC(C(O)Cc1ccc(F)c(F)c1)C2. The minimum absolute atomic E-state index is 0.275. The first-order valence-electron chi connectivity index (χ1n) is 7.38. The Hall–Kier alpha value is -1.00. The molecule has 2 saturated heterocycles. The van der Waals surface area contributed by atoms with Crippen LogP contribution in [0.5, 0.6) is 0 Å². The van der Waals surface area contributed by atoms with Crippen LogP contribution in [-0.2, 0) is 6.42 Å². The highest BCUT2D eigenvalue weighted by atomic mass is 19.2. The second kappa shape index (κ2) is 5.41. The summed E-state index contributed by atoms with van der Waals surface area (Å²) in [5.74, 6) is -1.39. The number of hydrogen-bond donors (Lipinski definition) is 1. The van der Waals surface area contributed by atoms with Gasteiger partial charge in [-0.2, -0.15) is 0 Å². The van der Waals surface area contributed by atoms with Crippen molar-refractivity contribution in [1.29, 1.82) is 0 Å². The van der Waals surface area contributed by atoms with Crippen molar-refractivity contribution < 1.29 is 13.9 Å². The van der Waals surface area contributed by atoms with E-state index < -0.39 is 17.7 Å². The number of halogens is 2. The standard InChI is InChI=1S/C16H21F2NO/c1-19-12-3-4-13(19)9-11(8-12)16(20)7-10-2-5-14(17)15(18)6-10/h2,5-6,11-13,16,20H,3-4,7-9H2,1H3. The van der Waals surface area contributed by atoms with E-state index in [4.69, 9.17) is 0 Å². The topological polar surface area (TPSA) is 23.5 Å². The summed E-state index contributed by atoms with van der Waals surface area (Å²) in [6, 6.07) is 5.06. The maximum atomic E-state index is 13.2. The van der Waals surface area contributed by atoms with Crippen LogP contribution < -0.4 is 0 Å². The highest BCUT2D eigenvalue weighted by Gasteiger charge is 2.40. The third-order valence-electron chi connectivity index (χ3n) is 5.11. The summed E-state index contributed by atoms with van der Waals surface area (Å²) < 4.78 is 26.1. The molecule has 1 aromatic carbocycles.